The quantitative estimate of drug-likeness (QED) is 0.434. The second-order valence-corrected chi connectivity index (χ2v) is 9.42. The zero-order valence-electron chi connectivity index (χ0n) is 19.3. The van der Waals surface area contributed by atoms with Gasteiger partial charge in [0.05, 0.1) is 18.3 Å². The van der Waals surface area contributed by atoms with E-state index in [1.165, 1.54) is 17.0 Å². The molecule has 1 aromatic heterocycles. The van der Waals surface area contributed by atoms with Crippen LogP contribution in [0.5, 0.6) is 5.75 Å². The Morgan fingerprint density at radius 1 is 1.09 bits per heavy atom. The number of benzene rings is 2. The third kappa shape index (κ3) is 5.62. The van der Waals surface area contributed by atoms with Crippen LogP contribution < -0.4 is 9.04 Å². The van der Waals surface area contributed by atoms with Crippen LogP contribution in [0.3, 0.4) is 0 Å². The summed E-state index contributed by atoms with van der Waals surface area (Å²) in [4.78, 5) is 29.7. The molecule has 0 aliphatic carbocycles. The number of ether oxygens (including phenoxy) is 2. The number of hydrogen-bond acceptors (Lipinski definition) is 8. The van der Waals surface area contributed by atoms with Gasteiger partial charge >= 0.3 is 22.4 Å². The number of aromatic nitrogens is 1. The van der Waals surface area contributed by atoms with E-state index in [4.69, 9.17) is 8.92 Å². The Balaban J connectivity index is 1.51. The van der Waals surface area contributed by atoms with Gasteiger partial charge in [0.25, 0.3) is 0 Å². The van der Waals surface area contributed by atoms with Crippen molar-refractivity contribution in [1.82, 2.24) is 9.88 Å². The van der Waals surface area contributed by atoms with E-state index < -0.39 is 28.9 Å². The van der Waals surface area contributed by atoms with Crippen molar-refractivity contribution in [3.05, 3.63) is 65.9 Å². The van der Waals surface area contributed by atoms with E-state index in [0.717, 1.165) is 35.7 Å². The number of para-hydroxylation sites is 1. The minimum atomic E-state index is -4.60. The van der Waals surface area contributed by atoms with Crippen molar-refractivity contribution < 1.29 is 31.7 Å². The number of nitrogens with zero attached hydrogens (tertiary/aromatic N) is 3. The Morgan fingerprint density at radius 3 is 2.46 bits per heavy atom. The molecule has 0 atom stereocenters. The van der Waals surface area contributed by atoms with E-state index in [1.54, 1.807) is 12.1 Å². The Bertz CT molecular complexity index is 1340. The molecule has 11 heteroatoms. The molecule has 0 unspecified atom stereocenters. The maximum absolute atomic E-state index is 12.8. The van der Waals surface area contributed by atoms with Crippen molar-refractivity contribution >= 4 is 39.0 Å². The van der Waals surface area contributed by atoms with Crippen molar-refractivity contribution in [1.29, 1.82) is 0 Å². The van der Waals surface area contributed by atoms with Gasteiger partial charge in [-0.05, 0) is 49.7 Å². The lowest BCUT2D eigenvalue weighted by atomic mass is 10.1. The first-order valence-corrected chi connectivity index (χ1v) is 12.3. The van der Waals surface area contributed by atoms with Crippen LogP contribution in [0.15, 0.2) is 54.6 Å². The Kier molecular flexibility index (Phi) is 7.06. The highest BCUT2D eigenvalue weighted by Crippen LogP contribution is 2.25. The number of anilines is 1. The summed E-state index contributed by atoms with van der Waals surface area (Å²) in [5.41, 5.74) is 2.82. The largest absolute Gasteiger partial charge is 0.489 e. The molecule has 0 radical (unpaired) electrons. The van der Waals surface area contributed by atoms with Crippen LogP contribution in [-0.4, -0.2) is 57.1 Å². The number of carbonyl (C=O) groups is 2. The monoisotopic (exact) mass is 499 g/mol. The fraction of sp³-hybridized carbons (Fsp3) is 0.292. The van der Waals surface area contributed by atoms with Crippen LogP contribution in [0.4, 0.5) is 10.5 Å². The SMILES string of the molecule is COC(=O)CN(c1ccc(OCc2cc(C)nc3ccccc23)cc1)S(=O)(=O)OC(=O)N1CCC1. The second kappa shape index (κ2) is 10.2. The van der Waals surface area contributed by atoms with Crippen LogP contribution in [-0.2, 0) is 30.6 Å². The Hall–Kier alpha value is -3.86. The van der Waals surface area contributed by atoms with Gasteiger partial charge in [0, 0.05) is 29.7 Å². The molecule has 0 N–H and O–H groups in total. The van der Waals surface area contributed by atoms with E-state index in [9.17, 15) is 18.0 Å². The molecular weight excluding hydrogens is 474 g/mol. The van der Waals surface area contributed by atoms with Gasteiger partial charge in [-0.1, -0.05) is 18.2 Å². The Morgan fingerprint density at radius 2 is 1.80 bits per heavy atom. The molecule has 1 amide bonds. The minimum Gasteiger partial charge on any atom is -0.489 e. The molecule has 1 fully saturated rings. The molecule has 10 nitrogen and oxygen atoms in total. The van der Waals surface area contributed by atoms with Gasteiger partial charge in [0.15, 0.2) is 0 Å². The summed E-state index contributed by atoms with van der Waals surface area (Å²) < 4.78 is 41.5. The number of hydrogen-bond donors (Lipinski definition) is 0. The molecule has 35 heavy (non-hydrogen) atoms. The van der Waals surface area contributed by atoms with E-state index in [0.29, 0.717) is 23.1 Å². The smallest absolute Gasteiger partial charge is 0.426 e. The maximum atomic E-state index is 12.8. The zero-order valence-corrected chi connectivity index (χ0v) is 20.2. The van der Waals surface area contributed by atoms with E-state index >= 15 is 0 Å². The van der Waals surface area contributed by atoms with E-state index in [-0.39, 0.29) is 12.3 Å². The number of rotatable bonds is 8. The lowest BCUT2D eigenvalue weighted by Gasteiger charge is -2.30. The average molecular weight is 500 g/mol. The molecule has 4 rings (SSSR count). The number of pyridine rings is 1. The standard InChI is InChI=1S/C24H25N3O7S/c1-17-14-18(21-6-3-4-7-22(21)25-17)16-33-20-10-8-19(9-11-20)27(15-23(28)32-2)35(30,31)34-24(29)26-12-5-13-26/h3-4,6-11,14H,5,12-13,15-16H2,1-2H3. The summed E-state index contributed by atoms with van der Waals surface area (Å²) >= 11 is 0. The van der Waals surface area contributed by atoms with E-state index in [2.05, 4.69) is 9.72 Å². The topological polar surface area (TPSA) is 115 Å². The number of esters is 1. The van der Waals surface area contributed by atoms with Gasteiger partial charge in [-0.2, -0.15) is 8.42 Å². The highest BCUT2D eigenvalue weighted by atomic mass is 32.2. The lowest BCUT2D eigenvalue weighted by Crippen LogP contribution is -2.46. The van der Waals surface area contributed by atoms with Gasteiger partial charge in [-0.15, -0.1) is 0 Å². The molecule has 1 aliphatic rings. The summed E-state index contributed by atoms with van der Waals surface area (Å²) in [7, 11) is -3.47. The summed E-state index contributed by atoms with van der Waals surface area (Å²) in [5, 5.41) is 0.981. The van der Waals surface area contributed by atoms with Gasteiger partial charge in [0.2, 0.25) is 0 Å². The molecule has 2 aromatic carbocycles. The third-order valence-electron chi connectivity index (χ3n) is 5.51. The van der Waals surface area contributed by atoms with Crippen molar-refractivity contribution in [2.24, 2.45) is 0 Å². The molecule has 3 aromatic rings. The molecule has 2 heterocycles. The fourth-order valence-electron chi connectivity index (χ4n) is 3.55. The van der Waals surface area contributed by atoms with Crippen LogP contribution >= 0.6 is 0 Å². The van der Waals surface area contributed by atoms with Crippen molar-refractivity contribution in [2.45, 2.75) is 20.0 Å². The number of likely N-dealkylation sites (tertiary alicyclic amines) is 1. The summed E-state index contributed by atoms with van der Waals surface area (Å²) in [6.07, 6.45) is -0.205. The number of amides is 1. The number of aryl methyl sites for hydroxylation is 1. The van der Waals surface area contributed by atoms with Crippen LogP contribution in [0.1, 0.15) is 17.7 Å². The molecular formula is C24H25N3O7S. The van der Waals surface area contributed by atoms with Gasteiger partial charge in [-0.3, -0.25) is 9.78 Å². The molecule has 0 spiro atoms. The fourth-order valence-corrected chi connectivity index (χ4v) is 4.57. The highest BCUT2D eigenvalue weighted by molar-refractivity contribution is 7.88. The van der Waals surface area contributed by atoms with Crippen molar-refractivity contribution in [3.8, 4) is 5.75 Å². The molecule has 0 saturated carbocycles. The molecule has 184 valence electrons. The number of carbonyl (C=O) groups excluding carboxylic acids is 2. The van der Waals surface area contributed by atoms with Crippen molar-refractivity contribution in [3.63, 3.8) is 0 Å². The first kappa shape index (κ1) is 24.3. The van der Waals surface area contributed by atoms with Crippen molar-refractivity contribution in [2.75, 3.05) is 31.0 Å². The molecule has 1 saturated heterocycles. The Labute approximate surface area is 203 Å². The normalized spacial score (nSPS) is 13.1. The highest BCUT2D eigenvalue weighted by Gasteiger charge is 2.33. The lowest BCUT2D eigenvalue weighted by molar-refractivity contribution is -0.138. The first-order valence-electron chi connectivity index (χ1n) is 10.9. The summed E-state index contributed by atoms with van der Waals surface area (Å²) in [6, 6.07) is 15.8. The summed E-state index contributed by atoms with van der Waals surface area (Å²) in [5.74, 6) is -0.325. The van der Waals surface area contributed by atoms with Gasteiger partial charge in [-0.25, -0.2) is 9.10 Å². The number of methoxy groups -OCH3 is 1. The second-order valence-electron chi connectivity index (χ2n) is 7.95. The first-order chi connectivity index (χ1) is 16.8. The minimum absolute atomic E-state index is 0.115. The molecule has 0 bridgehead atoms. The van der Waals surface area contributed by atoms with Gasteiger partial charge in [0.1, 0.15) is 18.9 Å². The van der Waals surface area contributed by atoms with Crippen LogP contribution in [0.25, 0.3) is 10.9 Å². The van der Waals surface area contributed by atoms with Crippen LogP contribution in [0.2, 0.25) is 0 Å². The zero-order chi connectivity index (χ0) is 25.0. The summed E-state index contributed by atoms with van der Waals surface area (Å²) in [6.45, 7) is 2.37. The predicted octanol–water partition coefficient (Wildman–Crippen LogP) is 3.19. The average Bonchev–Trinajstić information content (AvgIpc) is 2.79. The van der Waals surface area contributed by atoms with Gasteiger partial charge < -0.3 is 18.6 Å². The molecule has 1 aliphatic heterocycles. The number of fused-ring (bicyclic) bond motifs is 1. The maximum Gasteiger partial charge on any atom is 0.426 e. The van der Waals surface area contributed by atoms with Crippen LogP contribution in [0, 0.1) is 6.92 Å². The third-order valence-corrected chi connectivity index (χ3v) is 6.74. The van der Waals surface area contributed by atoms with E-state index in [1.807, 2.05) is 37.3 Å². The predicted molar refractivity (Wildman–Crippen MR) is 128 cm³/mol.